The lowest BCUT2D eigenvalue weighted by atomic mass is 10.0. The predicted molar refractivity (Wildman–Crippen MR) is 62.5 cm³/mol. The summed E-state index contributed by atoms with van der Waals surface area (Å²) in [5, 5.41) is 10.1. The molecule has 106 valence electrons. The molecule has 0 heterocycles. The average Bonchev–Trinajstić information content (AvgIpc) is 2.70. The van der Waals surface area contributed by atoms with Crippen molar-refractivity contribution in [2.75, 3.05) is 26.8 Å². The normalized spacial score (nSPS) is 18.3. The van der Waals surface area contributed by atoms with Gasteiger partial charge in [0.25, 0.3) is 6.43 Å². The Morgan fingerprint density at radius 1 is 1.44 bits per heavy atom. The molecule has 0 radical (unpaired) electrons. The molecule has 1 aliphatic rings. The van der Waals surface area contributed by atoms with Gasteiger partial charge in [0.15, 0.2) is 0 Å². The van der Waals surface area contributed by atoms with Crippen LogP contribution in [0, 0.1) is 0 Å². The molecule has 0 aliphatic heterocycles. The van der Waals surface area contributed by atoms with Crippen LogP contribution >= 0.6 is 0 Å². The Morgan fingerprint density at radius 3 is 2.61 bits per heavy atom. The number of carbonyl (C=O) groups is 1. The van der Waals surface area contributed by atoms with Gasteiger partial charge in [-0.2, -0.15) is 0 Å². The van der Waals surface area contributed by atoms with E-state index >= 15 is 0 Å². The van der Waals surface area contributed by atoms with Crippen molar-refractivity contribution in [3.8, 4) is 0 Å². The molecule has 18 heavy (non-hydrogen) atoms. The third-order valence-corrected chi connectivity index (χ3v) is 3.20. The molecule has 0 aromatic carbocycles. The maximum atomic E-state index is 11.8. The standard InChI is InChI=1S/C12H21F2NO3/c1-15(9-12(17)5-2-3-6-12)11(16)4-7-18-8-10(13)14/h10,17H,2-9H2,1H3. The van der Waals surface area contributed by atoms with Crippen molar-refractivity contribution in [3.05, 3.63) is 0 Å². The number of aliphatic hydroxyl groups is 1. The summed E-state index contributed by atoms with van der Waals surface area (Å²) in [5.41, 5.74) is -0.770. The Bertz CT molecular complexity index is 268. The summed E-state index contributed by atoms with van der Waals surface area (Å²) in [6.45, 7) is -0.340. The highest BCUT2D eigenvalue weighted by atomic mass is 19.3. The molecule has 1 fully saturated rings. The summed E-state index contributed by atoms with van der Waals surface area (Å²) in [4.78, 5) is 13.1. The van der Waals surface area contributed by atoms with Crippen molar-refractivity contribution >= 4 is 5.91 Å². The SMILES string of the molecule is CN(CC1(O)CCCC1)C(=O)CCOCC(F)F. The van der Waals surface area contributed by atoms with Gasteiger partial charge in [-0.3, -0.25) is 4.79 Å². The lowest BCUT2D eigenvalue weighted by molar-refractivity contribution is -0.134. The molecule has 1 rings (SSSR count). The van der Waals surface area contributed by atoms with E-state index < -0.39 is 18.6 Å². The minimum absolute atomic E-state index is 0.00799. The van der Waals surface area contributed by atoms with E-state index in [-0.39, 0.29) is 18.9 Å². The maximum absolute atomic E-state index is 11.8. The summed E-state index contributed by atoms with van der Waals surface area (Å²) in [7, 11) is 1.62. The zero-order valence-corrected chi connectivity index (χ0v) is 10.7. The van der Waals surface area contributed by atoms with Crippen molar-refractivity contribution in [3.63, 3.8) is 0 Å². The molecule has 1 saturated carbocycles. The van der Waals surface area contributed by atoms with E-state index in [0.717, 1.165) is 12.8 Å². The molecule has 0 bridgehead atoms. The molecule has 1 aliphatic carbocycles. The number of alkyl halides is 2. The van der Waals surface area contributed by atoms with E-state index in [0.29, 0.717) is 19.4 Å². The second kappa shape index (κ2) is 6.99. The fourth-order valence-corrected chi connectivity index (χ4v) is 2.24. The number of likely N-dealkylation sites (N-methyl/N-ethyl adjacent to an activating group) is 1. The lowest BCUT2D eigenvalue weighted by Gasteiger charge is -2.28. The van der Waals surface area contributed by atoms with Crippen molar-refractivity contribution in [2.24, 2.45) is 0 Å². The molecule has 1 N–H and O–H groups in total. The number of carbonyl (C=O) groups excluding carboxylic acids is 1. The second-order valence-corrected chi connectivity index (χ2v) is 4.90. The first-order valence-electron chi connectivity index (χ1n) is 6.25. The molecule has 0 unspecified atom stereocenters. The van der Waals surface area contributed by atoms with Crippen LogP contribution in [0.5, 0.6) is 0 Å². The van der Waals surface area contributed by atoms with E-state index in [1.807, 2.05) is 0 Å². The van der Waals surface area contributed by atoms with Gasteiger partial charge in [0.1, 0.15) is 6.61 Å². The molecule has 6 heteroatoms. The van der Waals surface area contributed by atoms with E-state index in [1.54, 1.807) is 7.05 Å². The summed E-state index contributed by atoms with van der Waals surface area (Å²) in [5.74, 6) is -0.190. The zero-order chi connectivity index (χ0) is 13.6. The van der Waals surface area contributed by atoms with Crippen molar-refractivity contribution in [1.29, 1.82) is 0 Å². The van der Waals surface area contributed by atoms with Gasteiger partial charge < -0.3 is 14.7 Å². The number of halogens is 2. The van der Waals surface area contributed by atoms with Gasteiger partial charge in [0.2, 0.25) is 5.91 Å². The van der Waals surface area contributed by atoms with Crippen LogP contribution in [0.4, 0.5) is 8.78 Å². The van der Waals surface area contributed by atoms with Gasteiger partial charge in [-0.05, 0) is 12.8 Å². The second-order valence-electron chi connectivity index (χ2n) is 4.90. The van der Waals surface area contributed by atoms with E-state index in [1.165, 1.54) is 4.90 Å². The lowest BCUT2D eigenvalue weighted by Crippen LogP contribution is -2.42. The quantitative estimate of drug-likeness (QED) is 0.708. The third-order valence-electron chi connectivity index (χ3n) is 3.20. The summed E-state index contributed by atoms with van der Waals surface area (Å²) in [6, 6.07) is 0. The van der Waals surface area contributed by atoms with Crippen molar-refractivity contribution in [2.45, 2.75) is 44.1 Å². The maximum Gasteiger partial charge on any atom is 0.261 e. The van der Waals surface area contributed by atoms with E-state index in [2.05, 4.69) is 4.74 Å². The Kier molecular flexibility index (Phi) is 5.95. The van der Waals surface area contributed by atoms with Gasteiger partial charge in [0.05, 0.1) is 18.6 Å². The van der Waals surface area contributed by atoms with Gasteiger partial charge >= 0.3 is 0 Å². The highest BCUT2D eigenvalue weighted by Crippen LogP contribution is 2.29. The van der Waals surface area contributed by atoms with E-state index in [9.17, 15) is 18.7 Å². The number of amides is 1. The average molecular weight is 265 g/mol. The van der Waals surface area contributed by atoms with Crippen molar-refractivity contribution in [1.82, 2.24) is 4.90 Å². The molecular formula is C12H21F2NO3. The highest BCUT2D eigenvalue weighted by molar-refractivity contribution is 5.76. The fraction of sp³-hybridized carbons (Fsp3) is 0.917. The molecule has 0 saturated heterocycles. The Morgan fingerprint density at radius 2 is 2.06 bits per heavy atom. The Labute approximate surface area is 106 Å². The molecule has 0 aromatic heterocycles. The minimum Gasteiger partial charge on any atom is -0.388 e. The van der Waals surface area contributed by atoms with Crippen LogP contribution in [0.15, 0.2) is 0 Å². The molecular weight excluding hydrogens is 244 g/mol. The first-order valence-corrected chi connectivity index (χ1v) is 6.25. The number of nitrogens with zero attached hydrogens (tertiary/aromatic N) is 1. The number of ether oxygens (including phenoxy) is 1. The largest absolute Gasteiger partial charge is 0.388 e. The molecule has 1 amide bonds. The molecule has 0 aromatic rings. The number of rotatable bonds is 7. The number of hydrogen-bond donors (Lipinski definition) is 1. The van der Waals surface area contributed by atoms with Crippen LogP contribution in [-0.2, 0) is 9.53 Å². The molecule has 4 nitrogen and oxygen atoms in total. The third kappa shape index (κ3) is 5.27. The highest BCUT2D eigenvalue weighted by Gasteiger charge is 2.33. The zero-order valence-electron chi connectivity index (χ0n) is 10.7. The fourth-order valence-electron chi connectivity index (χ4n) is 2.24. The summed E-state index contributed by atoms with van der Waals surface area (Å²) >= 11 is 0. The topological polar surface area (TPSA) is 49.8 Å². The minimum atomic E-state index is -2.50. The summed E-state index contributed by atoms with van der Waals surface area (Å²) < 4.78 is 28.2. The van der Waals surface area contributed by atoms with Gasteiger partial charge in [0, 0.05) is 13.6 Å². The molecule has 0 spiro atoms. The van der Waals surface area contributed by atoms with E-state index in [4.69, 9.17) is 0 Å². The first-order chi connectivity index (χ1) is 8.43. The predicted octanol–water partition coefficient (Wildman–Crippen LogP) is 1.42. The monoisotopic (exact) mass is 265 g/mol. The van der Waals surface area contributed by atoms with Crippen molar-refractivity contribution < 1.29 is 23.4 Å². The molecule has 0 atom stereocenters. The Balaban J connectivity index is 2.20. The first kappa shape index (κ1) is 15.3. The van der Waals surface area contributed by atoms with Gasteiger partial charge in [-0.1, -0.05) is 12.8 Å². The van der Waals surface area contributed by atoms with Crippen LogP contribution in [-0.4, -0.2) is 54.7 Å². The summed E-state index contributed by atoms with van der Waals surface area (Å²) in [6.07, 6.45) is 0.960. The van der Waals surface area contributed by atoms with Crippen LogP contribution in [0.2, 0.25) is 0 Å². The van der Waals surface area contributed by atoms with Crippen LogP contribution < -0.4 is 0 Å². The van der Waals surface area contributed by atoms with Crippen LogP contribution in [0.1, 0.15) is 32.1 Å². The smallest absolute Gasteiger partial charge is 0.261 e. The number of hydrogen-bond acceptors (Lipinski definition) is 3. The van der Waals surface area contributed by atoms with Gasteiger partial charge in [-0.15, -0.1) is 0 Å². The Hall–Kier alpha value is -0.750. The van der Waals surface area contributed by atoms with Gasteiger partial charge in [-0.25, -0.2) is 8.78 Å². The van der Waals surface area contributed by atoms with Crippen LogP contribution in [0.3, 0.4) is 0 Å². The van der Waals surface area contributed by atoms with Crippen LogP contribution in [0.25, 0.3) is 0 Å².